The van der Waals surface area contributed by atoms with Gasteiger partial charge in [-0.05, 0) is 37.1 Å². The molecular weight excluding hydrogens is 252 g/mol. The first kappa shape index (κ1) is 14.1. The van der Waals surface area contributed by atoms with Crippen molar-refractivity contribution in [3.8, 4) is 5.69 Å². The predicted octanol–water partition coefficient (Wildman–Crippen LogP) is 2.37. The fourth-order valence-corrected chi connectivity index (χ4v) is 2.01. The van der Waals surface area contributed by atoms with Crippen LogP contribution < -0.4 is 11.1 Å². The van der Waals surface area contributed by atoms with E-state index in [4.69, 9.17) is 5.73 Å². The summed E-state index contributed by atoms with van der Waals surface area (Å²) in [4.78, 5) is 12.1. The molecule has 0 fully saturated rings. The minimum absolute atomic E-state index is 0.138. The predicted molar refractivity (Wildman–Crippen MR) is 79.8 cm³/mol. The maximum Gasteiger partial charge on any atom is 0.272 e. The third-order valence-corrected chi connectivity index (χ3v) is 3.28. The van der Waals surface area contributed by atoms with E-state index < -0.39 is 0 Å². The standard InChI is InChI=1S/C15H20N4O/c1-3-12(4-2)17-15(20)14-8-9-19(18-14)13-7-5-6-11(16)10-13/h5-10,12H,3-4,16H2,1-2H3,(H,17,20). The third kappa shape index (κ3) is 3.17. The van der Waals surface area contributed by atoms with Crippen LogP contribution >= 0.6 is 0 Å². The Morgan fingerprint density at radius 2 is 2.10 bits per heavy atom. The van der Waals surface area contributed by atoms with Crippen molar-refractivity contribution >= 4 is 11.6 Å². The van der Waals surface area contributed by atoms with E-state index in [1.165, 1.54) is 0 Å². The van der Waals surface area contributed by atoms with Gasteiger partial charge in [-0.2, -0.15) is 5.10 Å². The van der Waals surface area contributed by atoms with Gasteiger partial charge >= 0.3 is 0 Å². The molecule has 0 atom stereocenters. The number of nitrogen functional groups attached to an aromatic ring is 1. The molecule has 2 rings (SSSR count). The molecule has 0 saturated carbocycles. The Balaban J connectivity index is 2.14. The number of anilines is 1. The molecule has 1 aromatic heterocycles. The van der Waals surface area contributed by atoms with Gasteiger partial charge in [-0.1, -0.05) is 19.9 Å². The topological polar surface area (TPSA) is 72.9 Å². The van der Waals surface area contributed by atoms with Crippen LogP contribution in [0.1, 0.15) is 37.2 Å². The van der Waals surface area contributed by atoms with E-state index in [9.17, 15) is 4.79 Å². The van der Waals surface area contributed by atoms with Gasteiger partial charge in [-0.25, -0.2) is 4.68 Å². The third-order valence-electron chi connectivity index (χ3n) is 3.28. The Hall–Kier alpha value is -2.30. The maximum atomic E-state index is 12.1. The minimum Gasteiger partial charge on any atom is -0.399 e. The summed E-state index contributed by atoms with van der Waals surface area (Å²) in [5.74, 6) is -0.138. The SMILES string of the molecule is CCC(CC)NC(=O)c1ccn(-c2cccc(N)c2)n1. The molecule has 5 heteroatoms. The molecule has 0 aliphatic heterocycles. The number of nitrogens with zero attached hydrogens (tertiary/aromatic N) is 2. The van der Waals surface area contributed by atoms with Gasteiger partial charge in [-0.3, -0.25) is 4.79 Å². The molecule has 0 spiro atoms. The molecule has 0 bridgehead atoms. The van der Waals surface area contributed by atoms with Crippen LogP contribution in [0, 0.1) is 0 Å². The van der Waals surface area contributed by atoms with Crippen LogP contribution in [0.4, 0.5) is 5.69 Å². The lowest BCUT2D eigenvalue weighted by atomic mass is 10.1. The lowest BCUT2D eigenvalue weighted by Gasteiger charge is -2.13. The monoisotopic (exact) mass is 272 g/mol. The van der Waals surface area contributed by atoms with Crippen molar-refractivity contribution in [3.05, 3.63) is 42.2 Å². The highest BCUT2D eigenvalue weighted by Crippen LogP contribution is 2.11. The largest absolute Gasteiger partial charge is 0.399 e. The van der Waals surface area contributed by atoms with Crippen LogP contribution in [0.15, 0.2) is 36.5 Å². The Morgan fingerprint density at radius 1 is 1.35 bits per heavy atom. The number of hydrogen-bond acceptors (Lipinski definition) is 3. The van der Waals surface area contributed by atoms with Crippen LogP contribution in [0.25, 0.3) is 5.69 Å². The molecule has 5 nitrogen and oxygen atoms in total. The number of nitrogens with one attached hydrogen (secondary N) is 1. The molecule has 20 heavy (non-hydrogen) atoms. The number of aromatic nitrogens is 2. The summed E-state index contributed by atoms with van der Waals surface area (Å²) >= 11 is 0. The Kier molecular flexibility index (Phi) is 4.40. The van der Waals surface area contributed by atoms with Crippen molar-refractivity contribution in [2.75, 3.05) is 5.73 Å². The Bertz CT molecular complexity index is 587. The highest BCUT2D eigenvalue weighted by atomic mass is 16.2. The second-order valence-corrected chi connectivity index (χ2v) is 4.73. The van der Waals surface area contributed by atoms with Crippen LogP contribution in [-0.4, -0.2) is 21.7 Å². The van der Waals surface area contributed by atoms with Crippen LogP contribution in [0.3, 0.4) is 0 Å². The summed E-state index contributed by atoms with van der Waals surface area (Å²) in [6.07, 6.45) is 3.59. The molecule has 1 heterocycles. The summed E-state index contributed by atoms with van der Waals surface area (Å²) in [5, 5.41) is 7.26. The second-order valence-electron chi connectivity index (χ2n) is 4.73. The molecule has 2 aromatic rings. The van der Waals surface area contributed by atoms with E-state index in [0.717, 1.165) is 18.5 Å². The molecular formula is C15H20N4O. The van der Waals surface area contributed by atoms with Crippen molar-refractivity contribution in [1.82, 2.24) is 15.1 Å². The number of rotatable bonds is 5. The summed E-state index contributed by atoms with van der Waals surface area (Å²) in [6.45, 7) is 4.11. The van der Waals surface area contributed by atoms with E-state index in [2.05, 4.69) is 24.3 Å². The van der Waals surface area contributed by atoms with Crippen LogP contribution in [0.2, 0.25) is 0 Å². The molecule has 0 aliphatic carbocycles. The first-order chi connectivity index (χ1) is 9.63. The zero-order chi connectivity index (χ0) is 14.5. The number of nitrogens with two attached hydrogens (primary N) is 1. The number of hydrogen-bond donors (Lipinski definition) is 2. The van der Waals surface area contributed by atoms with Gasteiger partial charge in [0.15, 0.2) is 5.69 Å². The van der Waals surface area contributed by atoms with Gasteiger partial charge in [0.25, 0.3) is 5.91 Å². The van der Waals surface area contributed by atoms with Gasteiger partial charge in [0.05, 0.1) is 5.69 Å². The van der Waals surface area contributed by atoms with E-state index in [1.54, 1.807) is 16.9 Å². The number of benzene rings is 1. The first-order valence-electron chi connectivity index (χ1n) is 6.86. The molecule has 0 saturated heterocycles. The quantitative estimate of drug-likeness (QED) is 0.821. The lowest BCUT2D eigenvalue weighted by Crippen LogP contribution is -2.34. The maximum absolute atomic E-state index is 12.1. The highest BCUT2D eigenvalue weighted by Gasteiger charge is 2.13. The van der Waals surface area contributed by atoms with Gasteiger partial charge in [-0.15, -0.1) is 0 Å². The average molecular weight is 272 g/mol. The van der Waals surface area contributed by atoms with Crippen molar-refractivity contribution in [1.29, 1.82) is 0 Å². The van der Waals surface area contributed by atoms with E-state index in [1.807, 2.05) is 24.3 Å². The van der Waals surface area contributed by atoms with Gasteiger partial charge in [0, 0.05) is 17.9 Å². The normalized spacial score (nSPS) is 10.8. The Labute approximate surface area is 118 Å². The van der Waals surface area contributed by atoms with Crippen molar-refractivity contribution < 1.29 is 4.79 Å². The first-order valence-corrected chi connectivity index (χ1v) is 6.86. The Morgan fingerprint density at radius 3 is 2.75 bits per heavy atom. The van der Waals surface area contributed by atoms with Crippen molar-refractivity contribution in [2.24, 2.45) is 0 Å². The molecule has 0 unspecified atom stereocenters. The molecule has 1 aromatic carbocycles. The van der Waals surface area contributed by atoms with E-state index >= 15 is 0 Å². The number of carbonyl (C=O) groups excluding carboxylic acids is 1. The molecule has 0 aliphatic rings. The number of carbonyl (C=O) groups is 1. The number of amides is 1. The summed E-state index contributed by atoms with van der Waals surface area (Å²) < 4.78 is 1.65. The summed E-state index contributed by atoms with van der Waals surface area (Å²) in [5.41, 5.74) is 7.67. The fraction of sp³-hybridized carbons (Fsp3) is 0.333. The van der Waals surface area contributed by atoms with E-state index in [-0.39, 0.29) is 11.9 Å². The summed E-state index contributed by atoms with van der Waals surface area (Å²) in [6, 6.07) is 9.28. The zero-order valence-electron chi connectivity index (χ0n) is 11.8. The lowest BCUT2D eigenvalue weighted by molar-refractivity contribution is 0.0929. The van der Waals surface area contributed by atoms with Crippen LogP contribution in [0.5, 0.6) is 0 Å². The van der Waals surface area contributed by atoms with Gasteiger partial charge in [0.2, 0.25) is 0 Å². The van der Waals surface area contributed by atoms with Gasteiger partial charge in [0.1, 0.15) is 0 Å². The van der Waals surface area contributed by atoms with E-state index in [0.29, 0.717) is 11.4 Å². The zero-order valence-corrected chi connectivity index (χ0v) is 11.8. The molecule has 1 amide bonds. The van der Waals surface area contributed by atoms with Crippen LogP contribution in [-0.2, 0) is 0 Å². The summed E-state index contributed by atoms with van der Waals surface area (Å²) in [7, 11) is 0. The smallest absolute Gasteiger partial charge is 0.272 e. The van der Waals surface area contributed by atoms with Crippen molar-refractivity contribution in [3.63, 3.8) is 0 Å². The molecule has 3 N–H and O–H groups in total. The average Bonchev–Trinajstić information content (AvgIpc) is 2.94. The minimum atomic E-state index is -0.138. The van der Waals surface area contributed by atoms with Gasteiger partial charge < -0.3 is 11.1 Å². The second kappa shape index (κ2) is 6.23. The van der Waals surface area contributed by atoms with Crippen molar-refractivity contribution in [2.45, 2.75) is 32.7 Å². The fourth-order valence-electron chi connectivity index (χ4n) is 2.01. The molecule has 106 valence electrons. The molecule has 0 radical (unpaired) electrons. The highest BCUT2D eigenvalue weighted by molar-refractivity contribution is 5.92.